The lowest BCUT2D eigenvalue weighted by Crippen LogP contribution is -2.49. The fraction of sp³-hybridized carbons (Fsp3) is 0.286. The molecule has 1 fully saturated rings. The van der Waals surface area contributed by atoms with Crippen LogP contribution in [0.25, 0.3) is 10.9 Å². The lowest BCUT2D eigenvalue weighted by Gasteiger charge is -2.35. The van der Waals surface area contributed by atoms with Crippen molar-refractivity contribution in [3.63, 3.8) is 0 Å². The summed E-state index contributed by atoms with van der Waals surface area (Å²) in [6.07, 6.45) is 5.36. The van der Waals surface area contributed by atoms with Crippen molar-refractivity contribution in [2.24, 2.45) is 0 Å². The molecule has 4 aromatic rings. The smallest absolute Gasteiger partial charge is 0.223 e. The van der Waals surface area contributed by atoms with Gasteiger partial charge in [-0.1, -0.05) is 54.1 Å². The average molecular weight is 439 g/mol. The number of carbonyl (C=O) groups excluding carboxylic acids is 1. The fourth-order valence-corrected chi connectivity index (χ4v) is 4.67. The van der Waals surface area contributed by atoms with Gasteiger partial charge in [0.1, 0.15) is 5.82 Å². The number of hydrogen-bond donors (Lipinski definition) is 0. The normalized spacial score (nSPS) is 14.1. The summed E-state index contributed by atoms with van der Waals surface area (Å²) >= 11 is 0. The lowest BCUT2D eigenvalue weighted by atomic mass is 10.1. The van der Waals surface area contributed by atoms with E-state index in [0.717, 1.165) is 45.0 Å². The zero-order valence-corrected chi connectivity index (χ0v) is 19.2. The number of amides is 1. The number of pyridine rings is 1. The largest absolute Gasteiger partial charge is 0.353 e. The van der Waals surface area contributed by atoms with Crippen LogP contribution in [0.5, 0.6) is 0 Å². The van der Waals surface area contributed by atoms with Crippen molar-refractivity contribution in [1.29, 1.82) is 0 Å². The van der Waals surface area contributed by atoms with Crippen LogP contribution in [-0.2, 0) is 17.8 Å². The number of piperazine rings is 1. The molecule has 0 spiro atoms. The van der Waals surface area contributed by atoms with Crippen LogP contribution < -0.4 is 4.90 Å². The Balaban J connectivity index is 1.23. The Morgan fingerprint density at radius 3 is 2.42 bits per heavy atom. The molecular formula is C28H30N4O. The van der Waals surface area contributed by atoms with Gasteiger partial charge in [0, 0.05) is 62.4 Å². The molecule has 3 heterocycles. The number of aromatic nitrogens is 2. The van der Waals surface area contributed by atoms with Crippen LogP contribution in [0.4, 0.5) is 5.82 Å². The Labute approximate surface area is 195 Å². The Morgan fingerprint density at radius 2 is 1.67 bits per heavy atom. The summed E-state index contributed by atoms with van der Waals surface area (Å²) in [4.78, 5) is 21.7. The molecular weight excluding hydrogens is 408 g/mol. The Bertz CT molecular complexity index is 1220. The van der Waals surface area contributed by atoms with E-state index in [0.29, 0.717) is 6.42 Å². The maximum atomic E-state index is 13.0. The highest BCUT2D eigenvalue weighted by molar-refractivity contribution is 5.85. The summed E-state index contributed by atoms with van der Waals surface area (Å²) in [6.45, 7) is 6.12. The number of nitrogens with zero attached hydrogens (tertiary/aromatic N) is 4. The molecule has 5 nitrogen and oxygen atoms in total. The summed E-state index contributed by atoms with van der Waals surface area (Å²) in [7, 11) is 0. The van der Waals surface area contributed by atoms with Crippen LogP contribution >= 0.6 is 0 Å². The molecule has 2 aromatic carbocycles. The molecule has 0 aliphatic carbocycles. The maximum absolute atomic E-state index is 13.0. The predicted molar refractivity (Wildman–Crippen MR) is 134 cm³/mol. The van der Waals surface area contributed by atoms with Crippen LogP contribution in [0, 0.1) is 6.92 Å². The van der Waals surface area contributed by atoms with E-state index in [4.69, 9.17) is 0 Å². The van der Waals surface area contributed by atoms with Crippen molar-refractivity contribution in [2.75, 3.05) is 31.1 Å². The van der Waals surface area contributed by atoms with E-state index in [2.05, 4.69) is 76.1 Å². The van der Waals surface area contributed by atoms with Crippen molar-refractivity contribution in [3.8, 4) is 0 Å². The summed E-state index contributed by atoms with van der Waals surface area (Å²) in [6, 6.07) is 23.2. The zero-order chi connectivity index (χ0) is 22.6. The minimum Gasteiger partial charge on any atom is -0.353 e. The predicted octanol–water partition coefficient (Wildman–Crippen LogP) is 4.67. The second-order valence-corrected chi connectivity index (χ2v) is 8.84. The summed E-state index contributed by atoms with van der Waals surface area (Å²) in [5.41, 5.74) is 5.04. The molecule has 0 radical (unpaired) electrons. The fourth-order valence-electron chi connectivity index (χ4n) is 4.67. The van der Waals surface area contributed by atoms with Gasteiger partial charge in [0.25, 0.3) is 0 Å². The van der Waals surface area contributed by atoms with Gasteiger partial charge in [-0.2, -0.15) is 0 Å². The molecule has 1 amide bonds. The van der Waals surface area contributed by atoms with Crippen molar-refractivity contribution < 1.29 is 4.79 Å². The van der Waals surface area contributed by atoms with Gasteiger partial charge in [-0.15, -0.1) is 0 Å². The van der Waals surface area contributed by atoms with Crippen molar-refractivity contribution in [1.82, 2.24) is 14.5 Å². The van der Waals surface area contributed by atoms with Crippen LogP contribution in [0.15, 0.2) is 79.1 Å². The minimum absolute atomic E-state index is 0.242. The number of anilines is 1. The van der Waals surface area contributed by atoms with Gasteiger partial charge in [0.15, 0.2) is 0 Å². The van der Waals surface area contributed by atoms with Crippen molar-refractivity contribution in [2.45, 2.75) is 26.3 Å². The number of rotatable bonds is 6. The summed E-state index contributed by atoms with van der Waals surface area (Å²) in [5.74, 6) is 1.23. The molecule has 1 aliphatic rings. The Kier molecular flexibility index (Phi) is 6.11. The average Bonchev–Trinajstić information content (AvgIpc) is 3.22. The van der Waals surface area contributed by atoms with E-state index < -0.39 is 0 Å². The van der Waals surface area contributed by atoms with E-state index in [1.807, 2.05) is 29.3 Å². The summed E-state index contributed by atoms with van der Waals surface area (Å²) < 4.78 is 2.31. The highest BCUT2D eigenvalue weighted by Crippen LogP contribution is 2.24. The Hall–Kier alpha value is -3.60. The topological polar surface area (TPSA) is 41.4 Å². The van der Waals surface area contributed by atoms with Gasteiger partial charge in [0.2, 0.25) is 5.91 Å². The first-order valence-corrected chi connectivity index (χ1v) is 11.7. The maximum Gasteiger partial charge on any atom is 0.223 e. The SMILES string of the molecule is Cc1ccc(Cn2cc(CCC(=O)N3CCN(c4ccccn4)CC3)c3ccccc32)cc1. The molecule has 5 rings (SSSR count). The lowest BCUT2D eigenvalue weighted by molar-refractivity contribution is -0.131. The standard InChI is InChI=1S/C28H30N4O/c1-22-9-11-23(12-10-22)20-32-21-24(25-6-2-3-7-26(25)32)13-14-28(33)31-18-16-30(17-19-31)27-8-4-5-15-29-27/h2-12,15,21H,13-14,16-20H2,1H3. The number of hydrogen-bond acceptors (Lipinski definition) is 3. The van der Waals surface area contributed by atoms with Gasteiger partial charge in [-0.3, -0.25) is 4.79 Å². The quantitative estimate of drug-likeness (QED) is 0.439. The van der Waals surface area contributed by atoms with Crippen LogP contribution in [-0.4, -0.2) is 46.5 Å². The second-order valence-electron chi connectivity index (χ2n) is 8.84. The van der Waals surface area contributed by atoms with Crippen LogP contribution in [0.1, 0.15) is 23.1 Å². The second kappa shape index (κ2) is 9.49. The third-order valence-electron chi connectivity index (χ3n) is 6.56. The van der Waals surface area contributed by atoms with E-state index in [1.54, 1.807) is 0 Å². The number of fused-ring (bicyclic) bond motifs is 1. The van der Waals surface area contributed by atoms with Gasteiger partial charge in [0.05, 0.1) is 0 Å². The third kappa shape index (κ3) is 4.77. The third-order valence-corrected chi connectivity index (χ3v) is 6.56. The highest BCUT2D eigenvalue weighted by Gasteiger charge is 2.22. The number of carbonyl (C=O) groups is 1. The molecule has 0 atom stereocenters. The zero-order valence-electron chi connectivity index (χ0n) is 19.2. The van der Waals surface area contributed by atoms with E-state index in [-0.39, 0.29) is 5.91 Å². The Morgan fingerprint density at radius 1 is 0.909 bits per heavy atom. The summed E-state index contributed by atoms with van der Waals surface area (Å²) in [5, 5.41) is 1.25. The van der Waals surface area contributed by atoms with Crippen molar-refractivity contribution in [3.05, 3.63) is 95.8 Å². The molecule has 168 valence electrons. The first-order valence-electron chi connectivity index (χ1n) is 11.7. The molecule has 2 aromatic heterocycles. The van der Waals surface area contributed by atoms with E-state index >= 15 is 0 Å². The number of aryl methyl sites for hydroxylation is 2. The highest BCUT2D eigenvalue weighted by atomic mass is 16.2. The molecule has 1 saturated heterocycles. The minimum atomic E-state index is 0.242. The first kappa shape index (κ1) is 21.3. The van der Waals surface area contributed by atoms with E-state index in [9.17, 15) is 4.79 Å². The molecule has 0 unspecified atom stereocenters. The molecule has 0 saturated carbocycles. The molecule has 33 heavy (non-hydrogen) atoms. The monoisotopic (exact) mass is 438 g/mol. The van der Waals surface area contributed by atoms with Gasteiger partial charge in [-0.25, -0.2) is 4.98 Å². The van der Waals surface area contributed by atoms with E-state index in [1.165, 1.54) is 27.6 Å². The van der Waals surface area contributed by atoms with Crippen LogP contribution in [0.3, 0.4) is 0 Å². The number of para-hydroxylation sites is 1. The van der Waals surface area contributed by atoms with Crippen LogP contribution in [0.2, 0.25) is 0 Å². The molecule has 0 N–H and O–H groups in total. The van der Waals surface area contributed by atoms with Crippen molar-refractivity contribution >= 4 is 22.6 Å². The van der Waals surface area contributed by atoms with Gasteiger partial charge >= 0.3 is 0 Å². The number of benzene rings is 2. The first-order chi connectivity index (χ1) is 16.2. The molecule has 1 aliphatic heterocycles. The molecule has 5 heteroatoms. The van der Waals surface area contributed by atoms with Gasteiger partial charge in [-0.05, 0) is 42.7 Å². The molecule has 0 bridgehead atoms. The van der Waals surface area contributed by atoms with Gasteiger partial charge < -0.3 is 14.4 Å².